The lowest BCUT2D eigenvalue weighted by atomic mass is 9.95. The molecular weight excluding hydrogens is 467 g/mol. The predicted molar refractivity (Wildman–Crippen MR) is 141 cm³/mol. The van der Waals surface area contributed by atoms with Crippen molar-refractivity contribution in [2.45, 2.75) is 82.0 Å². The van der Waals surface area contributed by atoms with Gasteiger partial charge in [-0.2, -0.15) is 0 Å². The summed E-state index contributed by atoms with van der Waals surface area (Å²) in [4.78, 5) is 11.1. The number of rotatable bonds is 4. The van der Waals surface area contributed by atoms with E-state index < -0.39 is 0 Å². The van der Waals surface area contributed by atoms with Crippen molar-refractivity contribution in [1.82, 2.24) is 14.7 Å². The molecule has 2 aliphatic rings. The van der Waals surface area contributed by atoms with Crippen LogP contribution in [0.2, 0.25) is 0 Å². The van der Waals surface area contributed by atoms with Crippen LogP contribution >= 0.6 is 47.9 Å². The van der Waals surface area contributed by atoms with Gasteiger partial charge in [0.2, 0.25) is 0 Å². The standard InChI is InChI=1S/C23H30N4S2.2ClH/c1-3-9-17(10-4-1)24-22(25-18-11-5-2-6-12-18)28-15-19-16-29-23-26-20-13-7-8-14-21(20)27(19)23;;/h7-8,13-14,16-18H,1-6,9-12,15H2,(H,24,25);2*1H. The Kier molecular flexibility index (Phi) is 9.38. The van der Waals surface area contributed by atoms with Gasteiger partial charge in [-0.1, -0.05) is 62.4 Å². The van der Waals surface area contributed by atoms with Gasteiger partial charge in [0.25, 0.3) is 0 Å². The third kappa shape index (κ3) is 5.89. The predicted octanol–water partition coefficient (Wildman–Crippen LogP) is 7.24. The molecule has 0 aliphatic heterocycles. The molecule has 0 amide bonds. The Morgan fingerprint density at radius 1 is 1.03 bits per heavy atom. The molecule has 2 fully saturated rings. The minimum Gasteiger partial charge on any atom is -0.362 e. The highest BCUT2D eigenvalue weighted by Crippen LogP contribution is 2.28. The fourth-order valence-electron chi connectivity index (χ4n) is 4.69. The molecule has 0 radical (unpaired) electrons. The highest BCUT2D eigenvalue weighted by Gasteiger charge is 2.19. The average Bonchev–Trinajstić information content (AvgIpc) is 3.33. The highest BCUT2D eigenvalue weighted by molar-refractivity contribution is 8.13. The van der Waals surface area contributed by atoms with Gasteiger partial charge in [-0.3, -0.25) is 9.39 Å². The third-order valence-electron chi connectivity index (χ3n) is 6.28. The number of nitrogens with zero attached hydrogens (tertiary/aromatic N) is 3. The van der Waals surface area contributed by atoms with Crippen LogP contribution in [0.25, 0.3) is 16.0 Å². The van der Waals surface area contributed by atoms with Crippen molar-refractivity contribution in [3.63, 3.8) is 0 Å². The van der Waals surface area contributed by atoms with Crippen LogP contribution < -0.4 is 5.32 Å². The van der Waals surface area contributed by atoms with Crippen LogP contribution in [0.5, 0.6) is 0 Å². The van der Waals surface area contributed by atoms with Gasteiger partial charge in [0, 0.05) is 22.9 Å². The van der Waals surface area contributed by atoms with E-state index >= 15 is 0 Å². The van der Waals surface area contributed by atoms with Gasteiger partial charge in [-0.25, -0.2) is 4.98 Å². The number of aliphatic imine (C=N–C) groups is 1. The molecule has 0 atom stereocenters. The second-order valence-corrected chi connectivity index (χ2v) is 10.2. The number of thiazole rings is 1. The van der Waals surface area contributed by atoms with Gasteiger partial charge in [0.1, 0.15) is 0 Å². The lowest BCUT2D eigenvalue weighted by molar-refractivity contribution is 0.411. The largest absolute Gasteiger partial charge is 0.362 e. The Labute approximate surface area is 205 Å². The van der Waals surface area contributed by atoms with Crippen LogP contribution in [0, 0.1) is 0 Å². The number of amidine groups is 1. The summed E-state index contributed by atoms with van der Waals surface area (Å²) < 4.78 is 2.33. The van der Waals surface area contributed by atoms with Gasteiger partial charge in [-0.15, -0.1) is 36.2 Å². The Morgan fingerprint density at radius 2 is 1.74 bits per heavy atom. The zero-order valence-electron chi connectivity index (χ0n) is 17.8. The number of hydrogen-bond acceptors (Lipinski definition) is 4. The number of nitrogens with one attached hydrogen (secondary N) is 1. The van der Waals surface area contributed by atoms with Crippen molar-refractivity contribution >= 4 is 69.1 Å². The summed E-state index contributed by atoms with van der Waals surface area (Å²) in [5.74, 6) is 0.936. The van der Waals surface area contributed by atoms with Gasteiger partial charge in [-0.05, 0) is 37.8 Å². The monoisotopic (exact) mass is 498 g/mol. The normalized spacial score (nSPS) is 18.6. The van der Waals surface area contributed by atoms with E-state index in [1.54, 1.807) is 11.3 Å². The molecule has 5 rings (SSSR count). The summed E-state index contributed by atoms with van der Waals surface area (Å²) in [6, 6.07) is 9.57. The molecule has 0 spiro atoms. The van der Waals surface area contributed by atoms with Crippen LogP contribution in [0.15, 0.2) is 34.6 Å². The molecule has 2 aliphatic carbocycles. The topological polar surface area (TPSA) is 41.7 Å². The zero-order valence-corrected chi connectivity index (χ0v) is 21.1. The number of halogens is 2. The van der Waals surface area contributed by atoms with E-state index in [1.165, 1.54) is 80.6 Å². The molecule has 31 heavy (non-hydrogen) atoms. The molecule has 0 unspecified atom stereocenters. The van der Waals surface area contributed by atoms with Crippen molar-refractivity contribution in [3.8, 4) is 0 Å². The molecule has 1 aromatic carbocycles. The summed E-state index contributed by atoms with van der Waals surface area (Å²) in [6.45, 7) is 0. The molecule has 0 bridgehead atoms. The maximum atomic E-state index is 5.21. The van der Waals surface area contributed by atoms with Crippen molar-refractivity contribution < 1.29 is 0 Å². The lowest BCUT2D eigenvalue weighted by Crippen LogP contribution is -2.35. The minimum absolute atomic E-state index is 0. The summed E-state index contributed by atoms with van der Waals surface area (Å²) in [7, 11) is 0. The average molecular weight is 500 g/mol. The lowest BCUT2D eigenvalue weighted by Gasteiger charge is -2.26. The summed E-state index contributed by atoms with van der Waals surface area (Å²) in [6.07, 6.45) is 13.2. The Morgan fingerprint density at radius 3 is 2.52 bits per heavy atom. The quantitative estimate of drug-likeness (QED) is 0.304. The maximum Gasteiger partial charge on any atom is 0.194 e. The van der Waals surface area contributed by atoms with Crippen LogP contribution in [0.4, 0.5) is 0 Å². The molecule has 2 heterocycles. The Balaban J connectivity index is 0.00000136. The molecule has 3 aromatic rings. The van der Waals surface area contributed by atoms with E-state index in [0.717, 1.165) is 16.2 Å². The molecule has 0 saturated heterocycles. The Hall–Kier alpha value is -0.950. The van der Waals surface area contributed by atoms with Crippen molar-refractivity contribution in [1.29, 1.82) is 0 Å². The minimum atomic E-state index is 0. The number of imidazole rings is 1. The number of thioether (sulfide) groups is 1. The van der Waals surface area contributed by atoms with Crippen LogP contribution in [0.1, 0.15) is 69.9 Å². The molecule has 2 saturated carbocycles. The van der Waals surface area contributed by atoms with Crippen molar-refractivity contribution in [2.24, 2.45) is 4.99 Å². The van der Waals surface area contributed by atoms with E-state index in [-0.39, 0.29) is 24.8 Å². The SMILES string of the molecule is Cl.Cl.c1ccc2c(c1)nc1scc(CSC(=NC3CCCCC3)NC3CCCCC3)n12. The van der Waals surface area contributed by atoms with E-state index in [9.17, 15) is 0 Å². The maximum absolute atomic E-state index is 5.21. The van der Waals surface area contributed by atoms with E-state index in [4.69, 9.17) is 9.98 Å². The number of para-hydroxylation sites is 2. The number of hydrogen-bond donors (Lipinski definition) is 1. The van der Waals surface area contributed by atoms with E-state index in [1.807, 2.05) is 11.8 Å². The molecule has 2 aromatic heterocycles. The first-order chi connectivity index (χ1) is 14.4. The van der Waals surface area contributed by atoms with Gasteiger partial charge >= 0.3 is 0 Å². The first-order valence-electron chi connectivity index (χ1n) is 11.2. The van der Waals surface area contributed by atoms with Crippen molar-refractivity contribution in [3.05, 3.63) is 35.3 Å². The molecular formula is C23H32Cl2N4S2. The van der Waals surface area contributed by atoms with E-state index in [0.29, 0.717) is 12.1 Å². The first-order valence-corrected chi connectivity index (χ1v) is 13.0. The second kappa shape index (κ2) is 11.8. The zero-order chi connectivity index (χ0) is 19.5. The van der Waals surface area contributed by atoms with E-state index in [2.05, 4.69) is 39.4 Å². The summed E-state index contributed by atoms with van der Waals surface area (Å²) >= 11 is 3.63. The molecule has 170 valence electrons. The Bertz CT molecular complexity index is 988. The number of aromatic nitrogens is 2. The number of fused-ring (bicyclic) bond motifs is 3. The van der Waals surface area contributed by atoms with Gasteiger partial charge in [0.05, 0.1) is 17.1 Å². The van der Waals surface area contributed by atoms with Crippen LogP contribution in [-0.4, -0.2) is 26.6 Å². The van der Waals surface area contributed by atoms with Crippen LogP contribution in [0.3, 0.4) is 0 Å². The van der Waals surface area contributed by atoms with Gasteiger partial charge < -0.3 is 5.32 Å². The second-order valence-electron chi connectivity index (χ2n) is 8.44. The van der Waals surface area contributed by atoms with Crippen molar-refractivity contribution in [2.75, 3.05) is 0 Å². The fraction of sp³-hybridized carbons (Fsp3) is 0.565. The summed E-state index contributed by atoms with van der Waals surface area (Å²) in [5.41, 5.74) is 3.62. The van der Waals surface area contributed by atoms with Gasteiger partial charge in [0.15, 0.2) is 10.1 Å². The first kappa shape index (κ1) is 24.7. The summed E-state index contributed by atoms with van der Waals surface area (Å²) in [5, 5.41) is 7.27. The molecule has 4 nitrogen and oxygen atoms in total. The fourth-order valence-corrected chi connectivity index (χ4v) is 6.67. The molecule has 1 N–H and O–H groups in total. The van der Waals surface area contributed by atoms with Crippen LogP contribution in [-0.2, 0) is 5.75 Å². The third-order valence-corrected chi connectivity index (χ3v) is 8.09. The smallest absolute Gasteiger partial charge is 0.194 e. The molecule has 8 heteroatoms. The number of benzene rings is 1. The highest BCUT2D eigenvalue weighted by atomic mass is 35.5.